The number of hydrogen-bond donors (Lipinski definition) is 1. The zero-order valence-electron chi connectivity index (χ0n) is 16.0. The van der Waals surface area contributed by atoms with E-state index in [1.54, 1.807) is 26.0 Å². The monoisotopic (exact) mass is 365 g/mol. The number of esters is 2. The summed E-state index contributed by atoms with van der Waals surface area (Å²) in [5, 5.41) is 2.28. The molecule has 0 spiro atoms. The van der Waals surface area contributed by atoms with Gasteiger partial charge in [-0.3, -0.25) is 4.79 Å². The molecule has 0 aliphatic heterocycles. The third kappa shape index (κ3) is 6.74. The van der Waals surface area contributed by atoms with Crippen molar-refractivity contribution in [2.75, 3.05) is 19.8 Å². The summed E-state index contributed by atoms with van der Waals surface area (Å²) in [6.45, 7) is 9.33. The lowest BCUT2D eigenvalue weighted by atomic mass is 9.87. The smallest absolute Gasteiger partial charge is 0.340 e. The van der Waals surface area contributed by atoms with Gasteiger partial charge in [-0.05, 0) is 37.0 Å². The standard InChI is InChI=1S/C19H27NO6/c1-6-24-17(22)16(18(23)25-7-2)20-15(21)12-26-14-10-8-13(9-11-14)19(3,4)5/h8-11,16H,6-7,12H2,1-5H3,(H,20,21). The summed E-state index contributed by atoms with van der Waals surface area (Å²) in [5.74, 6) is -1.85. The van der Waals surface area contributed by atoms with Crippen LogP contribution < -0.4 is 10.1 Å². The van der Waals surface area contributed by atoms with Crippen molar-refractivity contribution >= 4 is 17.8 Å². The predicted molar refractivity (Wildman–Crippen MR) is 95.8 cm³/mol. The first kappa shape index (κ1) is 21.5. The molecule has 0 aliphatic carbocycles. The van der Waals surface area contributed by atoms with Crippen molar-refractivity contribution in [2.24, 2.45) is 0 Å². The predicted octanol–water partition coefficient (Wildman–Crippen LogP) is 1.97. The highest BCUT2D eigenvalue weighted by atomic mass is 16.6. The first-order valence-corrected chi connectivity index (χ1v) is 8.55. The molecular weight excluding hydrogens is 338 g/mol. The van der Waals surface area contributed by atoms with Crippen LogP contribution in [-0.4, -0.2) is 43.7 Å². The van der Waals surface area contributed by atoms with Crippen molar-refractivity contribution in [3.63, 3.8) is 0 Å². The summed E-state index contributed by atoms with van der Waals surface area (Å²) < 4.78 is 15.0. The highest BCUT2D eigenvalue weighted by molar-refractivity contribution is 6.02. The fraction of sp³-hybridized carbons (Fsp3) is 0.526. The Hall–Kier alpha value is -2.57. The molecule has 1 aromatic carbocycles. The maximum atomic E-state index is 12.0. The van der Waals surface area contributed by atoms with Gasteiger partial charge < -0.3 is 19.5 Å². The number of benzene rings is 1. The molecule has 0 heterocycles. The third-order valence-electron chi connectivity index (χ3n) is 3.44. The minimum absolute atomic E-state index is 0.0163. The molecule has 0 atom stereocenters. The minimum atomic E-state index is -1.51. The van der Waals surface area contributed by atoms with E-state index in [9.17, 15) is 14.4 Å². The first-order valence-electron chi connectivity index (χ1n) is 8.55. The molecule has 1 amide bonds. The van der Waals surface area contributed by atoms with Gasteiger partial charge in [0.05, 0.1) is 13.2 Å². The molecule has 0 unspecified atom stereocenters. The lowest BCUT2D eigenvalue weighted by Crippen LogP contribution is -2.49. The fourth-order valence-corrected chi connectivity index (χ4v) is 2.07. The quantitative estimate of drug-likeness (QED) is 0.559. The highest BCUT2D eigenvalue weighted by Gasteiger charge is 2.31. The Labute approximate surface area is 154 Å². The topological polar surface area (TPSA) is 90.9 Å². The second-order valence-electron chi connectivity index (χ2n) is 6.57. The zero-order valence-corrected chi connectivity index (χ0v) is 16.0. The molecular formula is C19H27NO6. The summed E-state index contributed by atoms with van der Waals surface area (Å²) in [4.78, 5) is 35.7. The second-order valence-corrected chi connectivity index (χ2v) is 6.57. The van der Waals surface area contributed by atoms with E-state index in [-0.39, 0.29) is 25.2 Å². The van der Waals surface area contributed by atoms with E-state index >= 15 is 0 Å². The van der Waals surface area contributed by atoms with Crippen molar-refractivity contribution in [1.29, 1.82) is 0 Å². The average Bonchev–Trinajstić information content (AvgIpc) is 2.57. The molecule has 0 saturated carbocycles. The van der Waals surface area contributed by atoms with Crippen LogP contribution in [0.4, 0.5) is 0 Å². The van der Waals surface area contributed by atoms with Crippen LogP contribution in [0, 0.1) is 0 Å². The van der Waals surface area contributed by atoms with Gasteiger partial charge in [-0.1, -0.05) is 32.9 Å². The number of ether oxygens (including phenoxy) is 3. The van der Waals surface area contributed by atoms with Crippen LogP contribution in [0.1, 0.15) is 40.2 Å². The largest absolute Gasteiger partial charge is 0.484 e. The summed E-state index contributed by atoms with van der Waals surface area (Å²) in [5.41, 5.74) is 1.15. The van der Waals surface area contributed by atoms with E-state index < -0.39 is 23.9 Å². The molecule has 7 nitrogen and oxygen atoms in total. The molecule has 0 fully saturated rings. The van der Waals surface area contributed by atoms with Crippen molar-refractivity contribution in [1.82, 2.24) is 5.32 Å². The molecule has 0 saturated heterocycles. The van der Waals surface area contributed by atoms with Gasteiger partial charge in [0.25, 0.3) is 5.91 Å². The van der Waals surface area contributed by atoms with E-state index in [0.29, 0.717) is 5.75 Å². The fourth-order valence-electron chi connectivity index (χ4n) is 2.07. The van der Waals surface area contributed by atoms with Crippen LogP contribution in [0.2, 0.25) is 0 Å². The van der Waals surface area contributed by atoms with Crippen LogP contribution in [0.3, 0.4) is 0 Å². The minimum Gasteiger partial charge on any atom is -0.484 e. The summed E-state index contributed by atoms with van der Waals surface area (Å²) >= 11 is 0. The van der Waals surface area contributed by atoms with Crippen LogP contribution in [0.15, 0.2) is 24.3 Å². The van der Waals surface area contributed by atoms with Crippen molar-refractivity contribution in [2.45, 2.75) is 46.1 Å². The van der Waals surface area contributed by atoms with Crippen LogP contribution in [0.25, 0.3) is 0 Å². The van der Waals surface area contributed by atoms with Gasteiger partial charge in [0, 0.05) is 0 Å². The maximum absolute atomic E-state index is 12.0. The molecule has 0 aliphatic rings. The molecule has 0 bridgehead atoms. The SMILES string of the molecule is CCOC(=O)C(NC(=O)COc1ccc(C(C)(C)C)cc1)C(=O)OCC. The van der Waals surface area contributed by atoms with E-state index in [0.717, 1.165) is 5.56 Å². The highest BCUT2D eigenvalue weighted by Crippen LogP contribution is 2.24. The number of carbonyl (C=O) groups excluding carboxylic acids is 3. The van der Waals surface area contributed by atoms with Crippen molar-refractivity contribution in [3.8, 4) is 5.75 Å². The van der Waals surface area contributed by atoms with E-state index in [1.807, 2.05) is 12.1 Å². The van der Waals surface area contributed by atoms with Gasteiger partial charge in [0.2, 0.25) is 6.04 Å². The second kappa shape index (κ2) is 9.79. The molecule has 0 radical (unpaired) electrons. The van der Waals surface area contributed by atoms with Gasteiger partial charge in [-0.25, -0.2) is 9.59 Å². The number of rotatable bonds is 8. The molecule has 1 aromatic rings. The lowest BCUT2D eigenvalue weighted by molar-refractivity contribution is -0.159. The molecule has 7 heteroatoms. The van der Waals surface area contributed by atoms with Gasteiger partial charge in [-0.15, -0.1) is 0 Å². The molecule has 0 aromatic heterocycles. The summed E-state index contributed by atoms with van der Waals surface area (Å²) in [6, 6.07) is 5.87. The summed E-state index contributed by atoms with van der Waals surface area (Å²) in [6.07, 6.45) is 0. The van der Waals surface area contributed by atoms with E-state index in [2.05, 4.69) is 26.1 Å². The Balaban J connectivity index is 2.64. The number of hydrogen-bond acceptors (Lipinski definition) is 6. The average molecular weight is 365 g/mol. The third-order valence-corrected chi connectivity index (χ3v) is 3.44. The molecule has 26 heavy (non-hydrogen) atoms. The Morgan fingerprint density at radius 1 is 0.962 bits per heavy atom. The Kier molecular flexibility index (Phi) is 8.09. The van der Waals surface area contributed by atoms with Crippen LogP contribution in [-0.2, 0) is 29.3 Å². The molecule has 1 N–H and O–H groups in total. The van der Waals surface area contributed by atoms with Crippen molar-refractivity contribution in [3.05, 3.63) is 29.8 Å². The van der Waals surface area contributed by atoms with Gasteiger partial charge in [0.1, 0.15) is 5.75 Å². The van der Waals surface area contributed by atoms with Gasteiger partial charge >= 0.3 is 11.9 Å². The lowest BCUT2D eigenvalue weighted by Gasteiger charge is -2.19. The Morgan fingerprint density at radius 2 is 1.46 bits per heavy atom. The maximum Gasteiger partial charge on any atom is 0.340 e. The Morgan fingerprint density at radius 3 is 1.88 bits per heavy atom. The van der Waals surface area contributed by atoms with Gasteiger partial charge in [0.15, 0.2) is 6.61 Å². The first-order chi connectivity index (χ1) is 12.2. The van der Waals surface area contributed by atoms with Crippen molar-refractivity contribution < 1.29 is 28.6 Å². The number of nitrogens with one attached hydrogen (secondary N) is 1. The number of amides is 1. The summed E-state index contributed by atoms with van der Waals surface area (Å²) in [7, 11) is 0. The van der Waals surface area contributed by atoms with E-state index in [1.165, 1.54) is 0 Å². The zero-order chi connectivity index (χ0) is 19.7. The Bertz CT molecular complexity index is 600. The van der Waals surface area contributed by atoms with Crippen LogP contribution >= 0.6 is 0 Å². The number of carbonyl (C=O) groups is 3. The van der Waals surface area contributed by atoms with Crippen LogP contribution in [0.5, 0.6) is 5.75 Å². The molecule has 1 rings (SSSR count). The molecule has 144 valence electrons. The van der Waals surface area contributed by atoms with Gasteiger partial charge in [-0.2, -0.15) is 0 Å². The van der Waals surface area contributed by atoms with E-state index in [4.69, 9.17) is 14.2 Å². The normalized spacial score (nSPS) is 11.0.